The highest BCUT2D eigenvalue weighted by Gasteiger charge is 2.49. The fourth-order valence-electron chi connectivity index (χ4n) is 4.05. The van der Waals surface area contributed by atoms with Crippen LogP contribution in [-0.2, 0) is 16.0 Å². The van der Waals surface area contributed by atoms with E-state index in [1.165, 1.54) is 6.92 Å². The number of H-pyrrole nitrogens is 1. The van der Waals surface area contributed by atoms with Gasteiger partial charge in [0.15, 0.2) is 5.78 Å². The minimum atomic E-state index is -0.586. The summed E-state index contributed by atoms with van der Waals surface area (Å²) in [5.74, 6) is -0.880. The van der Waals surface area contributed by atoms with Crippen LogP contribution in [0.2, 0.25) is 0 Å². The third-order valence-corrected chi connectivity index (χ3v) is 5.04. The number of aliphatic hydroxyl groups excluding tert-OH is 1. The maximum atomic E-state index is 13.0. The van der Waals surface area contributed by atoms with Crippen LogP contribution in [0.3, 0.4) is 0 Å². The molecule has 0 spiro atoms. The molecule has 4 rings (SSSR count). The number of aliphatic hydroxyl groups is 1. The van der Waals surface area contributed by atoms with E-state index >= 15 is 0 Å². The van der Waals surface area contributed by atoms with Gasteiger partial charge in [0.1, 0.15) is 17.4 Å². The lowest BCUT2D eigenvalue weighted by Crippen LogP contribution is -2.38. The fraction of sp³-hybridized carbons (Fsp3) is 0.300. The Morgan fingerprint density at radius 2 is 2.04 bits per heavy atom. The van der Waals surface area contributed by atoms with E-state index in [4.69, 9.17) is 0 Å². The second kappa shape index (κ2) is 5.34. The number of hydrogen-bond donors (Lipinski definition) is 2. The monoisotopic (exact) mass is 336 g/mol. The van der Waals surface area contributed by atoms with Gasteiger partial charge >= 0.3 is 0 Å². The van der Waals surface area contributed by atoms with Gasteiger partial charge in [-0.2, -0.15) is 0 Å². The van der Waals surface area contributed by atoms with Crippen molar-refractivity contribution in [3.8, 4) is 0 Å². The van der Waals surface area contributed by atoms with Crippen molar-refractivity contribution < 1.29 is 14.7 Å². The van der Waals surface area contributed by atoms with Gasteiger partial charge in [-0.25, -0.2) is 0 Å². The van der Waals surface area contributed by atoms with Crippen LogP contribution in [0.1, 0.15) is 37.9 Å². The Kier molecular flexibility index (Phi) is 3.35. The number of allylic oxidation sites excluding steroid dienone is 2. The molecular weight excluding hydrogens is 316 g/mol. The number of hydrogen-bond acceptors (Lipinski definition) is 3. The summed E-state index contributed by atoms with van der Waals surface area (Å²) in [6.07, 6.45) is 4.39. The Bertz CT molecular complexity index is 972. The number of Topliss-reactive ketones (excluding diaryl/α,β-unsaturated/α-hetero) is 1. The zero-order valence-electron chi connectivity index (χ0n) is 14.5. The van der Waals surface area contributed by atoms with Crippen molar-refractivity contribution in [2.45, 2.75) is 39.3 Å². The Morgan fingerprint density at radius 1 is 1.28 bits per heavy atom. The maximum Gasteiger partial charge on any atom is 0.262 e. The lowest BCUT2D eigenvalue weighted by atomic mass is 9.97. The Labute approximate surface area is 145 Å². The van der Waals surface area contributed by atoms with Gasteiger partial charge in [0.05, 0.1) is 6.04 Å². The number of aromatic nitrogens is 1. The molecule has 1 fully saturated rings. The molecule has 2 N–H and O–H groups in total. The SMILES string of the molecule is CC(C)=C[C@H]1c2cccc3[nH]cc(c23)C[C@@H]2C(=O)/C(=C(\C)O)C(=O)N21. The van der Waals surface area contributed by atoms with Gasteiger partial charge in [-0.15, -0.1) is 0 Å². The molecular formula is C20H20N2O3. The Hall–Kier alpha value is -2.82. The predicted molar refractivity (Wildman–Crippen MR) is 95.1 cm³/mol. The summed E-state index contributed by atoms with van der Waals surface area (Å²) in [5, 5.41) is 11.0. The summed E-state index contributed by atoms with van der Waals surface area (Å²) in [5.41, 5.74) is 4.04. The number of nitrogens with zero attached hydrogens (tertiary/aromatic N) is 1. The molecule has 3 heterocycles. The third kappa shape index (κ3) is 2.15. The molecule has 1 aromatic carbocycles. The quantitative estimate of drug-likeness (QED) is 0.363. The highest BCUT2D eigenvalue weighted by Crippen LogP contribution is 2.42. The number of ketones is 1. The van der Waals surface area contributed by atoms with E-state index in [0.717, 1.165) is 27.6 Å². The molecule has 2 atom stereocenters. The molecule has 25 heavy (non-hydrogen) atoms. The zero-order valence-corrected chi connectivity index (χ0v) is 14.5. The van der Waals surface area contributed by atoms with Crippen LogP contribution in [-0.4, -0.2) is 32.7 Å². The fourth-order valence-corrected chi connectivity index (χ4v) is 4.05. The largest absolute Gasteiger partial charge is 0.512 e. The number of carbonyl (C=O) groups excluding carboxylic acids is 2. The number of nitrogens with one attached hydrogen (secondary N) is 1. The second-order valence-electron chi connectivity index (χ2n) is 7.03. The maximum absolute atomic E-state index is 13.0. The number of amides is 1. The molecule has 5 heteroatoms. The average molecular weight is 336 g/mol. The van der Waals surface area contributed by atoms with Crippen molar-refractivity contribution in [2.75, 3.05) is 0 Å². The molecule has 2 aromatic rings. The van der Waals surface area contributed by atoms with Crippen molar-refractivity contribution in [1.29, 1.82) is 0 Å². The van der Waals surface area contributed by atoms with Crippen LogP contribution in [0.4, 0.5) is 0 Å². The molecule has 2 aliphatic rings. The van der Waals surface area contributed by atoms with E-state index in [1.807, 2.05) is 44.3 Å². The molecule has 1 amide bonds. The zero-order chi connectivity index (χ0) is 17.9. The predicted octanol–water partition coefficient (Wildman–Crippen LogP) is 3.34. The van der Waals surface area contributed by atoms with Crippen LogP contribution < -0.4 is 0 Å². The highest BCUT2D eigenvalue weighted by molar-refractivity contribution is 6.27. The van der Waals surface area contributed by atoms with Gasteiger partial charge in [-0.05, 0) is 38.0 Å². The molecule has 1 saturated heterocycles. The first kappa shape index (κ1) is 15.7. The first-order valence-electron chi connectivity index (χ1n) is 8.40. The lowest BCUT2D eigenvalue weighted by molar-refractivity contribution is -0.128. The van der Waals surface area contributed by atoms with E-state index in [1.54, 1.807) is 4.90 Å². The molecule has 0 aliphatic carbocycles. The van der Waals surface area contributed by atoms with Crippen molar-refractivity contribution in [3.05, 3.63) is 58.5 Å². The first-order valence-corrected chi connectivity index (χ1v) is 8.40. The summed E-state index contributed by atoms with van der Waals surface area (Å²) in [4.78, 5) is 30.7. The van der Waals surface area contributed by atoms with Crippen LogP contribution >= 0.6 is 0 Å². The summed E-state index contributed by atoms with van der Waals surface area (Å²) in [7, 11) is 0. The van der Waals surface area contributed by atoms with Gasteiger partial charge in [0.2, 0.25) is 0 Å². The number of fused-ring (bicyclic) bond motifs is 1. The van der Waals surface area contributed by atoms with Crippen LogP contribution in [0.5, 0.6) is 0 Å². The minimum Gasteiger partial charge on any atom is -0.512 e. The number of benzene rings is 1. The van der Waals surface area contributed by atoms with Crippen LogP contribution in [0.15, 0.2) is 47.4 Å². The van der Waals surface area contributed by atoms with Crippen molar-refractivity contribution in [3.63, 3.8) is 0 Å². The Morgan fingerprint density at radius 3 is 2.72 bits per heavy atom. The van der Waals surface area contributed by atoms with Crippen molar-refractivity contribution in [2.24, 2.45) is 0 Å². The molecule has 0 saturated carbocycles. The number of aromatic amines is 1. The molecule has 0 radical (unpaired) electrons. The highest BCUT2D eigenvalue weighted by atomic mass is 16.3. The normalized spacial score (nSPS) is 24.4. The topological polar surface area (TPSA) is 73.4 Å². The summed E-state index contributed by atoms with van der Waals surface area (Å²) in [6.45, 7) is 5.36. The van der Waals surface area contributed by atoms with Gasteiger partial charge in [0, 0.05) is 23.5 Å². The number of carbonyl (C=O) groups is 2. The summed E-state index contributed by atoms with van der Waals surface area (Å²) < 4.78 is 0. The summed E-state index contributed by atoms with van der Waals surface area (Å²) in [6, 6.07) is 5.06. The second-order valence-corrected chi connectivity index (χ2v) is 7.03. The van der Waals surface area contributed by atoms with E-state index in [2.05, 4.69) is 4.98 Å². The number of rotatable bonds is 1. The van der Waals surface area contributed by atoms with Gasteiger partial charge in [-0.3, -0.25) is 9.59 Å². The first-order chi connectivity index (χ1) is 11.9. The summed E-state index contributed by atoms with van der Waals surface area (Å²) >= 11 is 0. The van der Waals surface area contributed by atoms with E-state index in [9.17, 15) is 14.7 Å². The van der Waals surface area contributed by atoms with Gasteiger partial charge < -0.3 is 15.0 Å². The van der Waals surface area contributed by atoms with E-state index in [-0.39, 0.29) is 29.1 Å². The molecule has 128 valence electrons. The standard InChI is InChI=1S/C20H20N2O3/c1-10(2)7-15-13-5-4-6-14-18(13)12(9-21-14)8-16-19(24)17(11(3)23)20(25)22(15)16/h4-7,9,15-16,21,23H,8H2,1-3H3/b17-11-/t15-,16+/m0/s1. The lowest BCUT2D eigenvalue weighted by Gasteiger charge is -2.29. The van der Waals surface area contributed by atoms with Crippen LogP contribution in [0, 0.1) is 0 Å². The average Bonchev–Trinajstić information content (AvgIpc) is 3.00. The van der Waals surface area contributed by atoms with Gasteiger partial charge in [0.25, 0.3) is 5.91 Å². The van der Waals surface area contributed by atoms with Gasteiger partial charge in [-0.1, -0.05) is 23.8 Å². The molecule has 0 bridgehead atoms. The van der Waals surface area contributed by atoms with Crippen LogP contribution in [0.25, 0.3) is 10.9 Å². The van der Waals surface area contributed by atoms with E-state index < -0.39 is 6.04 Å². The Balaban J connectivity index is 2.01. The molecule has 5 nitrogen and oxygen atoms in total. The molecule has 2 aliphatic heterocycles. The van der Waals surface area contributed by atoms with E-state index in [0.29, 0.717) is 6.42 Å². The third-order valence-electron chi connectivity index (χ3n) is 5.04. The van der Waals surface area contributed by atoms with Crippen molar-refractivity contribution >= 4 is 22.6 Å². The smallest absolute Gasteiger partial charge is 0.262 e. The molecule has 1 aromatic heterocycles. The molecule has 0 unspecified atom stereocenters. The van der Waals surface area contributed by atoms with Crippen molar-refractivity contribution in [1.82, 2.24) is 9.88 Å². The minimum absolute atomic E-state index is 0.0803.